The average molecular weight is 264 g/mol. The number of hydrogen-bond donors (Lipinski definition) is 3. The molecule has 2 amide bonds. The average Bonchev–Trinajstić information content (AvgIpc) is 2.27. The summed E-state index contributed by atoms with van der Waals surface area (Å²) in [5.41, 5.74) is 0.928. The number of rotatable bonds is 5. The summed E-state index contributed by atoms with van der Waals surface area (Å²) in [6.07, 6.45) is -0.588. The SMILES string of the molecule is CC(C)NC(=O)c1ccc(NC(=O)CC(=O)O)cc1. The molecule has 0 radical (unpaired) electrons. The van der Waals surface area contributed by atoms with Crippen molar-refractivity contribution in [3.63, 3.8) is 0 Å². The molecule has 6 nitrogen and oxygen atoms in total. The molecule has 0 unspecified atom stereocenters. The van der Waals surface area contributed by atoms with Crippen LogP contribution >= 0.6 is 0 Å². The van der Waals surface area contributed by atoms with Crippen LogP contribution in [0.1, 0.15) is 30.6 Å². The molecule has 0 aliphatic heterocycles. The van der Waals surface area contributed by atoms with Crippen LogP contribution in [0.4, 0.5) is 5.69 Å². The van der Waals surface area contributed by atoms with Gasteiger partial charge in [-0.15, -0.1) is 0 Å². The van der Waals surface area contributed by atoms with E-state index in [-0.39, 0.29) is 11.9 Å². The van der Waals surface area contributed by atoms with Crippen molar-refractivity contribution in [1.82, 2.24) is 5.32 Å². The van der Waals surface area contributed by atoms with Gasteiger partial charge in [0.15, 0.2) is 0 Å². The minimum Gasteiger partial charge on any atom is -0.481 e. The predicted octanol–water partition coefficient (Wildman–Crippen LogP) is 1.24. The minimum absolute atomic E-state index is 0.0439. The van der Waals surface area contributed by atoms with E-state index in [0.29, 0.717) is 11.3 Å². The molecule has 0 bridgehead atoms. The normalized spacial score (nSPS) is 10.1. The lowest BCUT2D eigenvalue weighted by molar-refractivity contribution is -0.139. The number of aliphatic carboxylic acids is 1. The molecule has 0 fully saturated rings. The minimum atomic E-state index is -1.19. The van der Waals surface area contributed by atoms with Crippen molar-refractivity contribution >= 4 is 23.5 Å². The number of carboxylic acid groups (broad SMARTS) is 1. The second-order valence-corrected chi connectivity index (χ2v) is 4.32. The molecule has 1 rings (SSSR count). The first-order chi connectivity index (χ1) is 8.88. The smallest absolute Gasteiger partial charge is 0.312 e. The first-order valence-electron chi connectivity index (χ1n) is 5.81. The Kier molecular flexibility index (Phi) is 5.05. The maximum Gasteiger partial charge on any atom is 0.312 e. The van der Waals surface area contributed by atoms with Crippen LogP contribution in [-0.2, 0) is 9.59 Å². The van der Waals surface area contributed by atoms with Gasteiger partial charge in [-0.2, -0.15) is 0 Å². The number of carboxylic acids is 1. The van der Waals surface area contributed by atoms with Crippen molar-refractivity contribution in [2.24, 2.45) is 0 Å². The zero-order chi connectivity index (χ0) is 14.4. The summed E-state index contributed by atoms with van der Waals surface area (Å²) in [7, 11) is 0. The molecular weight excluding hydrogens is 248 g/mol. The number of nitrogens with one attached hydrogen (secondary N) is 2. The van der Waals surface area contributed by atoms with E-state index in [0.717, 1.165) is 0 Å². The molecule has 0 aromatic heterocycles. The Bertz CT molecular complexity index is 480. The molecule has 6 heteroatoms. The second kappa shape index (κ2) is 6.53. The number of benzene rings is 1. The Morgan fingerprint density at radius 1 is 1.16 bits per heavy atom. The van der Waals surface area contributed by atoms with Crippen molar-refractivity contribution in [2.75, 3.05) is 5.32 Å². The van der Waals surface area contributed by atoms with Gasteiger partial charge in [-0.05, 0) is 38.1 Å². The summed E-state index contributed by atoms with van der Waals surface area (Å²) < 4.78 is 0. The zero-order valence-corrected chi connectivity index (χ0v) is 10.8. The molecule has 0 aliphatic rings. The molecule has 1 aromatic carbocycles. The second-order valence-electron chi connectivity index (χ2n) is 4.32. The van der Waals surface area contributed by atoms with E-state index in [9.17, 15) is 14.4 Å². The molecule has 1 aromatic rings. The first kappa shape index (κ1) is 14.7. The molecule has 0 atom stereocenters. The number of carbonyl (C=O) groups excluding carboxylic acids is 2. The number of amides is 2. The third kappa shape index (κ3) is 5.20. The van der Waals surface area contributed by atoms with Crippen molar-refractivity contribution in [3.05, 3.63) is 29.8 Å². The van der Waals surface area contributed by atoms with Gasteiger partial charge in [-0.1, -0.05) is 0 Å². The number of hydrogen-bond acceptors (Lipinski definition) is 3. The van der Waals surface area contributed by atoms with Crippen LogP contribution < -0.4 is 10.6 Å². The van der Waals surface area contributed by atoms with Crippen molar-refractivity contribution in [2.45, 2.75) is 26.3 Å². The summed E-state index contributed by atoms with van der Waals surface area (Å²) >= 11 is 0. The van der Waals surface area contributed by atoms with E-state index >= 15 is 0 Å². The Morgan fingerprint density at radius 2 is 1.74 bits per heavy atom. The van der Waals surface area contributed by atoms with E-state index in [1.54, 1.807) is 24.3 Å². The van der Waals surface area contributed by atoms with Gasteiger partial charge in [-0.25, -0.2) is 0 Å². The van der Waals surface area contributed by atoms with Gasteiger partial charge in [0, 0.05) is 17.3 Å². The van der Waals surface area contributed by atoms with Gasteiger partial charge in [0.1, 0.15) is 6.42 Å². The lowest BCUT2D eigenvalue weighted by Gasteiger charge is -2.09. The fourth-order valence-electron chi connectivity index (χ4n) is 1.39. The number of anilines is 1. The van der Waals surface area contributed by atoms with Crippen molar-refractivity contribution in [1.29, 1.82) is 0 Å². The Morgan fingerprint density at radius 3 is 2.21 bits per heavy atom. The van der Waals surface area contributed by atoms with Crippen LogP contribution in [-0.4, -0.2) is 28.9 Å². The predicted molar refractivity (Wildman–Crippen MR) is 69.9 cm³/mol. The van der Waals surface area contributed by atoms with Crippen molar-refractivity contribution < 1.29 is 19.5 Å². The molecule has 0 heterocycles. The maximum atomic E-state index is 11.7. The van der Waals surface area contributed by atoms with E-state index in [1.807, 2.05) is 13.8 Å². The lowest BCUT2D eigenvalue weighted by Crippen LogP contribution is -2.30. The van der Waals surface area contributed by atoms with Crippen LogP contribution in [0.25, 0.3) is 0 Å². The highest BCUT2D eigenvalue weighted by Gasteiger charge is 2.09. The van der Waals surface area contributed by atoms with Gasteiger partial charge < -0.3 is 15.7 Å². The van der Waals surface area contributed by atoms with Gasteiger partial charge in [0.05, 0.1) is 0 Å². The highest BCUT2D eigenvalue weighted by atomic mass is 16.4. The van der Waals surface area contributed by atoms with Gasteiger partial charge in [0.25, 0.3) is 5.91 Å². The van der Waals surface area contributed by atoms with E-state index in [4.69, 9.17) is 5.11 Å². The van der Waals surface area contributed by atoms with E-state index < -0.39 is 18.3 Å². The highest BCUT2D eigenvalue weighted by Crippen LogP contribution is 2.10. The zero-order valence-electron chi connectivity index (χ0n) is 10.8. The summed E-state index contributed by atoms with van der Waals surface area (Å²) in [5.74, 6) is -1.99. The molecule has 0 spiro atoms. The third-order valence-electron chi connectivity index (χ3n) is 2.16. The fraction of sp³-hybridized carbons (Fsp3) is 0.308. The lowest BCUT2D eigenvalue weighted by atomic mass is 10.2. The Balaban J connectivity index is 2.63. The molecule has 3 N–H and O–H groups in total. The summed E-state index contributed by atoms with van der Waals surface area (Å²) in [6.45, 7) is 3.72. The fourth-order valence-corrected chi connectivity index (χ4v) is 1.39. The molecular formula is C13H16N2O4. The van der Waals surface area contributed by atoms with Crippen LogP contribution in [0.5, 0.6) is 0 Å². The quantitative estimate of drug-likeness (QED) is 0.697. The largest absolute Gasteiger partial charge is 0.481 e. The Hall–Kier alpha value is -2.37. The standard InChI is InChI=1S/C13H16N2O4/c1-8(2)14-13(19)9-3-5-10(6-4-9)15-11(16)7-12(17)18/h3-6,8H,7H2,1-2H3,(H,14,19)(H,15,16)(H,17,18). The maximum absolute atomic E-state index is 11.7. The van der Waals surface area contributed by atoms with Gasteiger partial charge >= 0.3 is 5.97 Å². The molecule has 0 saturated heterocycles. The third-order valence-corrected chi connectivity index (χ3v) is 2.16. The van der Waals surface area contributed by atoms with Crippen LogP contribution in [0.2, 0.25) is 0 Å². The summed E-state index contributed by atoms with van der Waals surface area (Å²) in [6, 6.07) is 6.27. The van der Waals surface area contributed by atoms with Gasteiger partial charge in [0.2, 0.25) is 5.91 Å². The van der Waals surface area contributed by atoms with Crippen LogP contribution in [0.15, 0.2) is 24.3 Å². The molecule has 19 heavy (non-hydrogen) atoms. The molecule has 102 valence electrons. The molecule has 0 saturated carbocycles. The molecule has 0 aliphatic carbocycles. The first-order valence-corrected chi connectivity index (χ1v) is 5.81. The summed E-state index contributed by atoms with van der Waals surface area (Å²) in [5, 5.41) is 13.6. The van der Waals surface area contributed by atoms with Crippen LogP contribution in [0.3, 0.4) is 0 Å². The van der Waals surface area contributed by atoms with E-state index in [1.165, 1.54) is 0 Å². The highest BCUT2D eigenvalue weighted by molar-refractivity contribution is 6.01. The summed E-state index contributed by atoms with van der Waals surface area (Å²) in [4.78, 5) is 33.2. The van der Waals surface area contributed by atoms with Gasteiger partial charge in [-0.3, -0.25) is 14.4 Å². The number of carbonyl (C=O) groups is 3. The monoisotopic (exact) mass is 264 g/mol. The Labute approximate surface area is 110 Å². The van der Waals surface area contributed by atoms with E-state index in [2.05, 4.69) is 10.6 Å². The topological polar surface area (TPSA) is 95.5 Å². The van der Waals surface area contributed by atoms with Crippen molar-refractivity contribution in [3.8, 4) is 0 Å². The van der Waals surface area contributed by atoms with Crippen LogP contribution in [0, 0.1) is 0 Å².